The quantitative estimate of drug-likeness (QED) is 0.655. The van der Waals surface area contributed by atoms with Gasteiger partial charge in [-0.2, -0.15) is 0 Å². The predicted octanol–water partition coefficient (Wildman–Crippen LogP) is 2.34. The van der Waals surface area contributed by atoms with Gasteiger partial charge in [-0.05, 0) is 49.2 Å². The number of benzene rings is 2. The van der Waals surface area contributed by atoms with Gasteiger partial charge in [0.2, 0.25) is 0 Å². The van der Waals surface area contributed by atoms with E-state index in [0.717, 1.165) is 16.5 Å². The van der Waals surface area contributed by atoms with Gasteiger partial charge in [-0.1, -0.05) is 24.3 Å². The van der Waals surface area contributed by atoms with Crippen LogP contribution in [0.1, 0.15) is 24.3 Å². The predicted molar refractivity (Wildman–Crippen MR) is 104 cm³/mol. The molecule has 1 heterocycles. The van der Waals surface area contributed by atoms with Crippen molar-refractivity contribution in [3.63, 3.8) is 0 Å². The van der Waals surface area contributed by atoms with Crippen LogP contribution in [-0.2, 0) is 9.84 Å². The highest BCUT2D eigenvalue weighted by molar-refractivity contribution is 7.90. The Morgan fingerprint density at radius 2 is 1.63 bits per heavy atom. The van der Waals surface area contributed by atoms with Crippen molar-refractivity contribution < 1.29 is 13.2 Å². The molecule has 0 aliphatic rings. The minimum absolute atomic E-state index is 0.110. The molecule has 0 saturated carbocycles. The van der Waals surface area contributed by atoms with Crippen LogP contribution in [0.4, 0.5) is 0 Å². The number of hydrogen-bond acceptors (Lipinski definition) is 6. The third-order valence-corrected chi connectivity index (χ3v) is 5.04. The van der Waals surface area contributed by atoms with Crippen molar-refractivity contribution in [3.8, 4) is 11.1 Å². The number of aromatic nitrogens is 2. The van der Waals surface area contributed by atoms with Crippen LogP contribution in [0.2, 0.25) is 0 Å². The van der Waals surface area contributed by atoms with Crippen LogP contribution in [0, 0.1) is 0 Å². The maximum atomic E-state index is 12.1. The lowest BCUT2D eigenvalue weighted by Crippen LogP contribution is -2.42. The second-order valence-corrected chi connectivity index (χ2v) is 8.57. The summed E-state index contributed by atoms with van der Waals surface area (Å²) in [6.07, 6.45) is 1.18. The Labute approximate surface area is 157 Å². The maximum Gasteiger partial charge on any atom is 0.285 e. The lowest BCUT2D eigenvalue weighted by molar-refractivity contribution is 0.0922. The first-order valence-electron chi connectivity index (χ1n) is 8.38. The van der Waals surface area contributed by atoms with E-state index in [9.17, 15) is 13.2 Å². The van der Waals surface area contributed by atoms with E-state index >= 15 is 0 Å². The third-order valence-electron chi connectivity index (χ3n) is 3.91. The van der Waals surface area contributed by atoms with Crippen LogP contribution in [0.5, 0.6) is 0 Å². The Bertz CT molecular complexity index is 1090. The summed E-state index contributed by atoms with van der Waals surface area (Å²) in [4.78, 5) is 12.3. The molecule has 27 heavy (non-hydrogen) atoms. The van der Waals surface area contributed by atoms with Crippen molar-refractivity contribution in [3.05, 3.63) is 54.2 Å². The smallest absolute Gasteiger partial charge is 0.285 e. The SMILES string of the molecule is CC(C)NNC(=O)c1cc2ccc(-c3ccc(S(C)(=O)=O)cc3)cc2nn1. The molecule has 0 radical (unpaired) electrons. The first kappa shape index (κ1) is 18.9. The fourth-order valence-electron chi connectivity index (χ4n) is 2.50. The molecule has 0 atom stereocenters. The van der Waals surface area contributed by atoms with Crippen LogP contribution < -0.4 is 10.9 Å². The van der Waals surface area contributed by atoms with Crippen LogP contribution in [0.15, 0.2) is 53.4 Å². The highest BCUT2D eigenvalue weighted by Gasteiger charge is 2.11. The second kappa shape index (κ2) is 7.42. The van der Waals surface area contributed by atoms with Gasteiger partial charge in [0.1, 0.15) is 0 Å². The number of fused-ring (bicyclic) bond motifs is 1. The van der Waals surface area contributed by atoms with E-state index in [0.29, 0.717) is 5.52 Å². The van der Waals surface area contributed by atoms with Crippen molar-refractivity contribution in [2.75, 3.05) is 6.26 Å². The molecule has 0 bridgehead atoms. The molecule has 8 heteroatoms. The second-order valence-electron chi connectivity index (χ2n) is 6.55. The van der Waals surface area contributed by atoms with Crippen LogP contribution in [0.3, 0.4) is 0 Å². The molecule has 0 unspecified atom stereocenters. The first-order chi connectivity index (χ1) is 12.7. The standard InChI is InChI=1S/C19H20N4O3S/c1-12(2)20-23-19(24)18-11-15-5-4-14(10-17(15)21-22-18)13-6-8-16(9-7-13)27(3,25)26/h4-12,20H,1-3H3,(H,23,24). The van der Waals surface area contributed by atoms with Crippen LogP contribution >= 0.6 is 0 Å². The van der Waals surface area contributed by atoms with Gasteiger partial charge in [-0.25, -0.2) is 13.8 Å². The third kappa shape index (κ3) is 4.47. The lowest BCUT2D eigenvalue weighted by atomic mass is 10.0. The monoisotopic (exact) mass is 384 g/mol. The van der Waals surface area contributed by atoms with Gasteiger partial charge in [-0.3, -0.25) is 10.2 Å². The molecule has 2 aromatic carbocycles. The van der Waals surface area contributed by atoms with E-state index in [1.807, 2.05) is 32.0 Å². The fraction of sp³-hybridized carbons (Fsp3) is 0.211. The topological polar surface area (TPSA) is 101 Å². The molecular formula is C19H20N4O3S. The largest absolute Gasteiger partial charge is 0.286 e. The van der Waals surface area contributed by atoms with Crippen molar-refractivity contribution in [1.82, 2.24) is 21.0 Å². The summed E-state index contributed by atoms with van der Waals surface area (Å²) < 4.78 is 23.1. The summed E-state index contributed by atoms with van der Waals surface area (Å²) in [5.41, 5.74) is 8.03. The summed E-state index contributed by atoms with van der Waals surface area (Å²) in [5.74, 6) is -0.349. The van der Waals surface area contributed by atoms with Gasteiger partial charge in [0.15, 0.2) is 15.5 Å². The van der Waals surface area contributed by atoms with E-state index < -0.39 is 9.84 Å². The molecule has 0 aliphatic heterocycles. The van der Waals surface area contributed by atoms with E-state index in [4.69, 9.17) is 0 Å². The molecule has 7 nitrogen and oxygen atoms in total. The number of carbonyl (C=O) groups is 1. The fourth-order valence-corrected chi connectivity index (χ4v) is 3.13. The van der Waals surface area contributed by atoms with E-state index in [2.05, 4.69) is 21.0 Å². The number of hydrogen-bond donors (Lipinski definition) is 2. The number of hydrazine groups is 1. The average Bonchev–Trinajstić information content (AvgIpc) is 2.64. The maximum absolute atomic E-state index is 12.1. The zero-order valence-corrected chi connectivity index (χ0v) is 16.0. The average molecular weight is 384 g/mol. The zero-order valence-electron chi connectivity index (χ0n) is 15.2. The summed E-state index contributed by atoms with van der Waals surface area (Å²) >= 11 is 0. The van der Waals surface area contributed by atoms with Gasteiger partial charge in [0.05, 0.1) is 10.4 Å². The van der Waals surface area contributed by atoms with E-state index in [-0.39, 0.29) is 22.5 Å². The zero-order chi connectivity index (χ0) is 19.6. The molecule has 0 spiro atoms. The Morgan fingerprint density at radius 1 is 0.963 bits per heavy atom. The summed E-state index contributed by atoms with van der Waals surface area (Å²) in [6.45, 7) is 3.83. The molecule has 1 amide bonds. The van der Waals surface area contributed by atoms with Crippen molar-refractivity contribution in [2.45, 2.75) is 24.8 Å². The molecule has 1 aromatic heterocycles. The lowest BCUT2D eigenvalue weighted by Gasteiger charge is -2.09. The molecule has 0 saturated heterocycles. The van der Waals surface area contributed by atoms with Gasteiger partial charge >= 0.3 is 0 Å². The summed E-state index contributed by atoms with van der Waals surface area (Å²) in [6, 6.07) is 14.1. The van der Waals surface area contributed by atoms with Gasteiger partial charge < -0.3 is 0 Å². The normalized spacial score (nSPS) is 11.7. The van der Waals surface area contributed by atoms with Crippen molar-refractivity contribution in [2.24, 2.45) is 0 Å². The first-order valence-corrected chi connectivity index (χ1v) is 10.3. The molecule has 140 valence electrons. The van der Waals surface area contributed by atoms with E-state index in [1.165, 1.54) is 6.26 Å². The minimum Gasteiger partial charge on any atom is -0.286 e. The Morgan fingerprint density at radius 3 is 2.26 bits per heavy atom. The molecule has 2 N–H and O–H groups in total. The molecular weight excluding hydrogens is 364 g/mol. The number of amides is 1. The highest BCUT2D eigenvalue weighted by atomic mass is 32.2. The minimum atomic E-state index is -3.22. The molecule has 3 rings (SSSR count). The summed E-state index contributed by atoms with van der Waals surface area (Å²) in [7, 11) is -3.22. The molecule has 0 fully saturated rings. The van der Waals surface area contributed by atoms with Crippen LogP contribution in [-0.4, -0.2) is 36.8 Å². The number of nitrogens with one attached hydrogen (secondary N) is 2. The Balaban J connectivity index is 1.88. The van der Waals surface area contributed by atoms with Crippen molar-refractivity contribution in [1.29, 1.82) is 0 Å². The highest BCUT2D eigenvalue weighted by Crippen LogP contribution is 2.24. The van der Waals surface area contributed by atoms with Gasteiger partial charge in [0.25, 0.3) is 5.91 Å². The van der Waals surface area contributed by atoms with Crippen molar-refractivity contribution >= 4 is 26.6 Å². The Hall–Kier alpha value is -2.84. The molecule has 3 aromatic rings. The molecule has 0 aliphatic carbocycles. The number of sulfone groups is 1. The number of rotatable bonds is 5. The number of carbonyl (C=O) groups excluding carboxylic acids is 1. The number of nitrogens with zero attached hydrogens (tertiary/aromatic N) is 2. The summed E-state index contributed by atoms with van der Waals surface area (Å²) in [5, 5.41) is 8.91. The van der Waals surface area contributed by atoms with Gasteiger partial charge in [-0.15, -0.1) is 10.2 Å². The van der Waals surface area contributed by atoms with E-state index in [1.54, 1.807) is 30.3 Å². The van der Waals surface area contributed by atoms with Gasteiger partial charge in [0, 0.05) is 17.7 Å². The van der Waals surface area contributed by atoms with Crippen LogP contribution in [0.25, 0.3) is 22.0 Å². The Kier molecular flexibility index (Phi) is 5.20.